The van der Waals surface area contributed by atoms with Crippen molar-refractivity contribution in [2.75, 3.05) is 13.7 Å². The largest absolute Gasteiger partial charge is 0.503 e. The molecule has 0 spiro atoms. The van der Waals surface area contributed by atoms with Gasteiger partial charge in [0, 0.05) is 5.57 Å². The maximum atomic E-state index is 9.92. The van der Waals surface area contributed by atoms with Crippen molar-refractivity contribution >= 4 is 34.6 Å². The van der Waals surface area contributed by atoms with Gasteiger partial charge in [-0.05, 0) is 61.0 Å². The van der Waals surface area contributed by atoms with Crippen LogP contribution in [0, 0.1) is 0 Å². The van der Waals surface area contributed by atoms with E-state index in [4.69, 9.17) is 26.6 Å². The van der Waals surface area contributed by atoms with Crippen molar-refractivity contribution in [1.29, 1.82) is 0 Å². The molecular weight excluding hydrogens is 386 g/mol. The number of nitrogens with two attached hydrogens (primary N) is 1. The number of methoxy groups -OCH3 is 1. The second-order valence-corrected chi connectivity index (χ2v) is 7.22. The summed E-state index contributed by atoms with van der Waals surface area (Å²) in [4.78, 5) is 5.48. The maximum absolute atomic E-state index is 9.92. The van der Waals surface area contributed by atoms with Crippen LogP contribution < -0.4 is 10.5 Å². The van der Waals surface area contributed by atoms with Crippen LogP contribution in [0.4, 0.5) is 0 Å². The number of allylic oxidation sites excluding steroid dienone is 1. The summed E-state index contributed by atoms with van der Waals surface area (Å²) in [7, 11) is 1.48. The molecule has 0 unspecified atom stereocenters. The van der Waals surface area contributed by atoms with Crippen molar-refractivity contribution < 1.29 is 14.4 Å². The van der Waals surface area contributed by atoms with E-state index in [9.17, 15) is 5.11 Å². The minimum atomic E-state index is -0.0845. The van der Waals surface area contributed by atoms with Crippen LogP contribution in [-0.2, 0) is 0 Å². The minimum absolute atomic E-state index is 0.0845. The number of halogens is 1. The fourth-order valence-electron chi connectivity index (χ4n) is 2.59. The normalized spacial score (nSPS) is 11.7. The zero-order valence-electron chi connectivity index (χ0n) is 14.8. The molecule has 0 aliphatic rings. The molecule has 3 N–H and O–H groups in total. The SMILES string of the molecule is COc1cc(/C=C(\CCCCN)c2nc(-c3cccs3)no2)cc(Cl)c1O. The molecule has 27 heavy (non-hydrogen) atoms. The predicted molar refractivity (Wildman–Crippen MR) is 108 cm³/mol. The minimum Gasteiger partial charge on any atom is -0.503 e. The molecule has 1 aromatic carbocycles. The molecule has 0 amide bonds. The number of unbranched alkanes of at least 4 members (excludes halogenated alkanes) is 1. The lowest BCUT2D eigenvalue weighted by Gasteiger charge is -2.08. The fourth-order valence-corrected chi connectivity index (χ4v) is 3.46. The Balaban J connectivity index is 1.96. The number of phenolic OH excluding ortho intramolecular Hbond substituents is 1. The molecule has 8 heteroatoms. The summed E-state index contributed by atoms with van der Waals surface area (Å²) in [6.07, 6.45) is 4.42. The Morgan fingerprint density at radius 3 is 2.96 bits per heavy atom. The lowest BCUT2D eigenvalue weighted by Crippen LogP contribution is -1.98. The zero-order valence-corrected chi connectivity index (χ0v) is 16.4. The molecule has 0 radical (unpaired) electrons. The van der Waals surface area contributed by atoms with Crippen molar-refractivity contribution in [1.82, 2.24) is 10.1 Å². The quantitative estimate of drug-likeness (QED) is 0.521. The van der Waals surface area contributed by atoms with Crippen LogP contribution in [0.2, 0.25) is 5.02 Å². The summed E-state index contributed by atoms with van der Waals surface area (Å²) in [5.41, 5.74) is 7.27. The number of phenols is 1. The van der Waals surface area contributed by atoms with Gasteiger partial charge in [0.15, 0.2) is 11.5 Å². The number of rotatable bonds is 8. The number of aromatic hydroxyl groups is 1. The number of hydrogen-bond acceptors (Lipinski definition) is 7. The molecule has 3 aromatic rings. The highest BCUT2D eigenvalue weighted by Crippen LogP contribution is 2.36. The molecule has 6 nitrogen and oxygen atoms in total. The van der Waals surface area contributed by atoms with Crippen LogP contribution in [0.1, 0.15) is 30.7 Å². The first-order valence-electron chi connectivity index (χ1n) is 8.47. The van der Waals surface area contributed by atoms with E-state index in [1.165, 1.54) is 7.11 Å². The highest BCUT2D eigenvalue weighted by molar-refractivity contribution is 7.13. The molecular formula is C19H20ClN3O3S. The molecule has 0 bridgehead atoms. The smallest absolute Gasteiger partial charge is 0.254 e. The van der Waals surface area contributed by atoms with E-state index >= 15 is 0 Å². The Bertz CT molecular complexity index is 922. The summed E-state index contributed by atoms with van der Waals surface area (Å²) in [6.45, 7) is 0.621. The van der Waals surface area contributed by atoms with E-state index in [0.29, 0.717) is 24.0 Å². The van der Waals surface area contributed by atoms with Gasteiger partial charge in [-0.1, -0.05) is 22.8 Å². The molecule has 0 saturated heterocycles. The highest BCUT2D eigenvalue weighted by atomic mass is 35.5. The predicted octanol–water partition coefficient (Wildman–Crippen LogP) is 4.84. The Labute approximate surface area is 166 Å². The van der Waals surface area contributed by atoms with E-state index in [1.807, 2.05) is 23.6 Å². The van der Waals surface area contributed by atoms with E-state index in [2.05, 4.69) is 10.1 Å². The number of ether oxygens (including phenoxy) is 1. The van der Waals surface area contributed by atoms with E-state index < -0.39 is 0 Å². The summed E-state index contributed by atoms with van der Waals surface area (Å²) >= 11 is 7.65. The topological polar surface area (TPSA) is 94.4 Å². The van der Waals surface area contributed by atoms with Gasteiger partial charge in [-0.3, -0.25) is 0 Å². The first kappa shape index (κ1) is 19.4. The lowest BCUT2D eigenvalue weighted by molar-refractivity contribution is 0.373. The van der Waals surface area contributed by atoms with Gasteiger partial charge in [0.05, 0.1) is 17.0 Å². The third-order valence-electron chi connectivity index (χ3n) is 3.95. The maximum Gasteiger partial charge on any atom is 0.254 e. The number of thiophene rings is 1. The van der Waals surface area contributed by atoms with Crippen LogP contribution in [-0.4, -0.2) is 28.9 Å². The van der Waals surface area contributed by atoms with Crippen molar-refractivity contribution in [3.05, 3.63) is 46.1 Å². The van der Waals surface area contributed by atoms with Gasteiger partial charge in [0.1, 0.15) is 0 Å². The summed E-state index contributed by atoms with van der Waals surface area (Å²) in [5.74, 6) is 1.24. The number of benzene rings is 1. The summed E-state index contributed by atoms with van der Waals surface area (Å²) in [5, 5.41) is 16.2. The first-order chi connectivity index (χ1) is 13.1. The van der Waals surface area contributed by atoms with Crippen LogP contribution in [0.3, 0.4) is 0 Å². The van der Waals surface area contributed by atoms with Crippen LogP contribution in [0.15, 0.2) is 34.2 Å². The third-order valence-corrected chi connectivity index (χ3v) is 5.11. The third kappa shape index (κ3) is 4.68. The second-order valence-electron chi connectivity index (χ2n) is 5.87. The van der Waals surface area contributed by atoms with Crippen molar-refractivity contribution in [3.63, 3.8) is 0 Å². The van der Waals surface area contributed by atoms with Gasteiger partial charge in [0.25, 0.3) is 5.89 Å². The fraction of sp³-hybridized carbons (Fsp3) is 0.263. The Kier molecular flexibility index (Phi) is 6.49. The van der Waals surface area contributed by atoms with Gasteiger partial charge in [-0.2, -0.15) is 4.98 Å². The van der Waals surface area contributed by atoms with Crippen LogP contribution in [0.25, 0.3) is 22.4 Å². The molecule has 142 valence electrons. The molecule has 0 aliphatic heterocycles. The summed E-state index contributed by atoms with van der Waals surface area (Å²) in [6, 6.07) is 7.26. The molecule has 3 rings (SSSR count). The lowest BCUT2D eigenvalue weighted by atomic mass is 10.0. The molecule has 0 saturated carbocycles. The number of nitrogens with zero attached hydrogens (tertiary/aromatic N) is 2. The molecule has 0 aliphatic carbocycles. The molecule has 0 atom stereocenters. The van der Waals surface area contributed by atoms with Crippen molar-refractivity contribution in [2.24, 2.45) is 5.73 Å². The Hall–Kier alpha value is -2.35. The number of aromatic nitrogens is 2. The van der Waals surface area contributed by atoms with Gasteiger partial charge >= 0.3 is 0 Å². The van der Waals surface area contributed by atoms with E-state index in [-0.39, 0.29) is 10.8 Å². The van der Waals surface area contributed by atoms with Gasteiger partial charge in [-0.15, -0.1) is 11.3 Å². The van der Waals surface area contributed by atoms with E-state index in [1.54, 1.807) is 23.5 Å². The standard InChI is InChI=1S/C19H20ClN3O3S/c1-25-15-11-12(10-14(20)17(15)24)9-13(5-2-3-7-21)19-22-18(23-26-19)16-6-4-8-27-16/h4,6,8-11,24H,2-3,5,7,21H2,1H3/b13-9+. The molecule has 2 aromatic heterocycles. The monoisotopic (exact) mass is 405 g/mol. The van der Waals surface area contributed by atoms with Gasteiger partial charge in [0.2, 0.25) is 5.82 Å². The van der Waals surface area contributed by atoms with Gasteiger partial charge in [-0.25, -0.2) is 0 Å². The highest BCUT2D eigenvalue weighted by Gasteiger charge is 2.15. The molecule has 0 fully saturated rings. The molecule has 2 heterocycles. The average Bonchev–Trinajstić information content (AvgIpc) is 3.35. The van der Waals surface area contributed by atoms with Crippen LogP contribution in [0.5, 0.6) is 11.5 Å². The number of hydrogen-bond donors (Lipinski definition) is 2. The Morgan fingerprint density at radius 2 is 2.26 bits per heavy atom. The van der Waals surface area contributed by atoms with Crippen molar-refractivity contribution in [2.45, 2.75) is 19.3 Å². The second kappa shape index (κ2) is 9.03. The Morgan fingerprint density at radius 1 is 1.41 bits per heavy atom. The summed E-state index contributed by atoms with van der Waals surface area (Å²) < 4.78 is 10.7. The van der Waals surface area contributed by atoms with E-state index in [0.717, 1.165) is 35.3 Å². The van der Waals surface area contributed by atoms with Gasteiger partial charge < -0.3 is 20.1 Å². The zero-order chi connectivity index (χ0) is 19.2. The first-order valence-corrected chi connectivity index (χ1v) is 9.73. The van der Waals surface area contributed by atoms with Crippen molar-refractivity contribution in [3.8, 4) is 22.2 Å². The average molecular weight is 406 g/mol. The van der Waals surface area contributed by atoms with Crippen LogP contribution >= 0.6 is 22.9 Å².